The fraction of sp³-hybridized carbons (Fsp3) is 0.214. The highest BCUT2D eigenvalue weighted by molar-refractivity contribution is 5.53. The van der Waals surface area contributed by atoms with Gasteiger partial charge < -0.3 is 0 Å². The summed E-state index contributed by atoms with van der Waals surface area (Å²) in [5, 5.41) is 0. The molecule has 0 saturated heterocycles. The Morgan fingerprint density at radius 2 is 1.93 bits per heavy atom. The molecular formula is C14H16N+. The average molecular weight is 198 g/mol. The van der Waals surface area contributed by atoms with Crippen LogP contribution >= 0.6 is 0 Å². The molecule has 0 amide bonds. The molecule has 1 unspecified atom stereocenters. The molecule has 0 saturated carbocycles. The van der Waals surface area contributed by atoms with Gasteiger partial charge in [-0.05, 0) is 17.1 Å². The van der Waals surface area contributed by atoms with Crippen LogP contribution in [0.25, 0.3) is 6.08 Å². The van der Waals surface area contributed by atoms with E-state index in [1.165, 1.54) is 11.1 Å². The van der Waals surface area contributed by atoms with Crippen molar-refractivity contribution >= 4 is 6.08 Å². The number of pyridine rings is 1. The van der Waals surface area contributed by atoms with Crippen molar-refractivity contribution in [1.82, 2.24) is 0 Å². The van der Waals surface area contributed by atoms with Gasteiger partial charge in [0.2, 0.25) is 0 Å². The molecule has 1 aliphatic carbocycles. The monoisotopic (exact) mass is 198 g/mol. The van der Waals surface area contributed by atoms with Gasteiger partial charge in [-0.1, -0.05) is 37.3 Å². The highest BCUT2D eigenvalue weighted by Crippen LogP contribution is 2.20. The second kappa shape index (κ2) is 4.26. The SMILES string of the molecule is CC1C=CC=C1C=Cc1cc[n+](C)cc1. The van der Waals surface area contributed by atoms with Gasteiger partial charge in [-0.2, -0.15) is 0 Å². The van der Waals surface area contributed by atoms with E-state index in [2.05, 4.69) is 61.8 Å². The van der Waals surface area contributed by atoms with Gasteiger partial charge in [0.25, 0.3) is 0 Å². The Morgan fingerprint density at radius 1 is 1.20 bits per heavy atom. The van der Waals surface area contributed by atoms with Crippen LogP contribution in [0.5, 0.6) is 0 Å². The predicted molar refractivity (Wildman–Crippen MR) is 63.0 cm³/mol. The number of hydrogen-bond acceptors (Lipinski definition) is 0. The van der Waals surface area contributed by atoms with E-state index in [9.17, 15) is 0 Å². The van der Waals surface area contributed by atoms with E-state index in [0.717, 1.165) is 0 Å². The van der Waals surface area contributed by atoms with Crippen LogP contribution in [0.1, 0.15) is 12.5 Å². The first-order valence-corrected chi connectivity index (χ1v) is 5.27. The van der Waals surface area contributed by atoms with Gasteiger partial charge in [0, 0.05) is 12.1 Å². The first-order valence-electron chi connectivity index (χ1n) is 5.27. The van der Waals surface area contributed by atoms with E-state index in [1.54, 1.807) is 0 Å². The van der Waals surface area contributed by atoms with E-state index in [0.29, 0.717) is 5.92 Å². The molecule has 2 rings (SSSR count). The van der Waals surface area contributed by atoms with Crippen LogP contribution in [0.15, 0.2) is 54.4 Å². The normalized spacial score (nSPS) is 19.9. The van der Waals surface area contributed by atoms with Gasteiger partial charge in [-0.15, -0.1) is 0 Å². The highest BCUT2D eigenvalue weighted by atomic mass is 14.9. The maximum Gasteiger partial charge on any atom is 0.169 e. The maximum absolute atomic E-state index is 2.21. The van der Waals surface area contributed by atoms with E-state index < -0.39 is 0 Å². The summed E-state index contributed by atoms with van der Waals surface area (Å²) in [6.07, 6.45) is 15.0. The number of rotatable bonds is 2. The van der Waals surface area contributed by atoms with E-state index in [1.807, 2.05) is 11.6 Å². The zero-order valence-corrected chi connectivity index (χ0v) is 9.22. The van der Waals surface area contributed by atoms with E-state index >= 15 is 0 Å². The molecule has 0 spiro atoms. The van der Waals surface area contributed by atoms with Crippen LogP contribution in [0.3, 0.4) is 0 Å². The molecule has 1 heterocycles. The van der Waals surface area contributed by atoms with Crippen LogP contribution in [0.4, 0.5) is 0 Å². The largest absolute Gasteiger partial charge is 0.208 e. The Balaban J connectivity index is 2.09. The lowest BCUT2D eigenvalue weighted by molar-refractivity contribution is -0.671. The minimum absolute atomic E-state index is 0.557. The van der Waals surface area contributed by atoms with Gasteiger partial charge in [-0.3, -0.25) is 0 Å². The zero-order valence-electron chi connectivity index (χ0n) is 9.22. The van der Waals surface area contributed by atoms with Crippen molar-refractivity contribution in [2.75, 3.05) is 0 Å². The van der Waals surface area contributed by atoms with E-state index in [4.69, 9.17) is 0 Å². The molecule has 0 bridgehead atoms. The van der Waals surface area contributed by atoms with Crippen molar-refractivity contribution in [3.05, 3.63) is 60.0 Å². The molecule has 0 fully saturated rings. The van der Waals surface area contributed by atoms with Crippen molar-refractivity contribution in [3.8, 4) is 0 Å². The maximum atomic E-state index is 2.21. The first-order chi connectivity index (χ1) is 7.25. The molecule has 0 radical (unpaired) electrons. The van der Waals surface area contributed by atoms with Crippen molar-refractivity contribution in [3.63, 3.8) is 0 Å². The third-order valence-corrected chi connectivity index (χ3v) is 2.69. The van der Waals surface area contributed by atoms with Crippen LogP contribution < -0.4 is 4.57 Å². The molecule has 1 aliphatic rings. The molecule has 0 aliphatic heterocycles. The fourth-order valence-corrected chi connectivity index (χ4v) is 1.62. The second-order valence-electron chi connectivity index (χ2n) is 3.97. The van der Waals surface area contributed by atoms with E-state index in [-0.39, 0.29) is 0 Å². The fourth-order valence-electron chi connectivity index (χ4n) is 1.62. The lowest BCUT2D eigenvalue weighted by Crippen LogP contribution is -2.25. The van der Waals surface area contributed by atoms with Gasteiger partial charge >= 0.3 is 0 Å². The molecular weight excluding hydrogens is 182 g/mol. The second-order valence-corrected chi connectivity index (χ2v) is 3.97. The van der Waals surface area contributed by atoms with Gasteiger partial charge in [0.1, 0.15) is 7.05 Å². The molecule has 0 N–H and O–H groups in total. The van der Waals surface area contributed by atoms with Crippen LogP contribution in [-0.2, 0) is 7.05 Å². The number of nitrogens with zero attached hydrogens (tertiary/aromatic N) is 1. The molecule has 0 aromatic carbocycles. The summed E-state index contributed by atoms with van der Waals surface area (Å²) >= 11 is 0. The van der Waals surface area contributed by atoms with Crippen molar-refractivity contribution < 1.29 is 4.57 Å². The standard InChI is InChI=1S/C14H16N/c1-12-4-3-5-14(12)7-6-13-8-10-15(2)11-9-13/h3-12H,1-2H3/q+1. The molecule has 1 nitrogen and oxygen atoms in total. The Bertz CT molecular complexity index is 421. The molecule has 1 atom stereocenters. The Labute approximate surface area is 91.1 Å². The minimum Gasteiger partial charge on any atom is -0.208 e. The van der Waals surface area contributed by atoms with Crippen molar-refractivity contribution in [2.45, 2.75) is 6.92 Å². The van der Waals surface area contributed by atoms with Gasteiger partial charge in [-0.25, -0.2) is 4.57 Å². The molecule has 76 valence electrons. The highest BCUT2D eigenvalue weighted by Gasteiger charge is 2.04. The summed E-state index contributed by atoms with van der Waals surface area (Å²) in [7, 11) is 2.03. The lowest BCUT2D eigenvalue weighted by atomic mass is 10.0. The Hall–Kier alpha value is -1.63. The predicted octanol–water partition coefficient (Wildman–Crippen LogP) is 2.66. The molecule has 1 heteroatoms. The number of allylic oxidation sites excluding steroid dienone is 5. The van der Waals surface area contributed by atoms with Crippen LogP contribution in [0.2, 0.25) is 0 Å². The zero-order chi connectivity index (χ0) is 10.7. The quantitative estimate of drug-likeness (QED) is 0.643. The summed E-state index contributed by atoms with van der Waals surface area (Å²) in [6.45, 7) is 2.21. The number of hydrogen-bond donors (Lipinski definition) is 0. The molecule has 1 aromatic heterocycles. The van der Waals surface area contributed by atoms with Gasteiger partial charge in [0.05, 0.1) is 0 Å². The van der Waals surface area contributed by atoms with Crippen LogP contribution in [0, 0.1) is 5.92 Å². The van der Waals surface area contributed by atoms with Crippen molar-refractivity contribution in [1.29, 1.82) is 0 Å². The topological polar surface area (TPSA) is 3.88 Å². The lowest BCUT2D eigenvalue weighted by Gasteiger charge is -2.01. The van der Waals surface area contributed by atoms with Gasteiger partial charge in [0.15, 0.2) is 12.4 Å². The Morgan fingerprint density at radius 3 is 2.53 bits per heavy atom. The third kappa shape index (κ3) is 2.44. The summed E-state index contributed by atoms with van der Waals surface area (Å²) in [5.41, 5.74) is 2.62. The molecule has 1 aromatic rings. The van der Waals surface area contributed by atoms with Crippen molar-refractivity contribution in [2.24, 2.45) is 13.0 Å². The summed E-state index contributed by atoms with van der Waals surface area (Å²) in [5.74, 6) is 0.557. The smallest absolute Gasteiger partial charge is 0.169 e. The average Bonchev–Trinajstić information content (AvgIpc) is 2.63. The number of aryl methyl sites for hydroxylation is 1. The summed E-state index contributed by atoms with van der Waals surface area (Å²) in [6, 6.07) is 4.23. The minimum atomic E-state index is 0.557. The number of aromatic nitrogens is 1. The summed E-state index contributed by atoms with van der Waals surface area (Å²) in [4.78, 5) is 0. The van der Waals surface area contributed by atoms with Crippen LogP contribution in [-0.4, -0.2) is 0 Å². The molecule has 15 heavy (non-hydrogen) atoms. The third-order valence-electron chi connectivity index (χ3n) is 2.69. The summed E-state index contributed by atoms with van der Waals surface area (Å²) < 4.78 is 2.04. The Kier molecular flexibility index (Phi) is 2.82. The first kappa shape index (κ1) is 9.91.